The van der Waals surface area contributed by atoms with Crippen molar-refractivity contribution >= 4 is 17.5 Å². The Morgan fingerprint density at radius 3 is 2.92 bits per heavy atom. The van der Waals surface area contributed by atoms with Crippen LogP contribution in [0.5, 0.6) is 5.75 Å². The maximum atomic E-state index is 13.1. The molecular formula is C20H19ClN2O3. The molecule has 2 aromatic rings. The number of likely N-dealkylation sites (tertiary alicyclic amines) is 1. The number of aromatic nitrogens is 1. The second-order valence-electron chi connectivity index (χ2n) is 7.50. The second kappa shape index (κ2) is 5.88. The fraction of sp³-hybridized carbons (Fsp3) is 0.400. The van der Waals surface area contributed by atoms with Crippen LogP contribution in [-0.2, 0) is 17.8 Å². The number of halogens is 1. The van der Waals surface area contributed by atoms with Crippen LogP contribution in [0.1, 0.15) is 23.6 Å². The van der Waals surface area contributed by atoms with Crippen molar-refractivity contribution < 1.29 is 9.53 Å². The SMILES string of the molecule is O=C(C1Cc2cc(Cl)ccc2O1)N1CC2CC(C1)c1cccc(=O)n1C2. The minimum Gasteiger partial charge on any atom is -0.480 e. The van der Waals surface area contributed by atoms with Crippen molar-refractivity contribution in [2.24, 2.45) is 5.92 Å². The number of pyridine rings is 1. The standard InChI is InChI=1S/C20H19ClN2O3/c21-15-4-5-17-13(7-15)8-18(26-17)20(25)22-9-12-6-14(11-22)16-2-1-3-19(24)23(16)10-12/h1-5,7,12,14,18H,6,8-11H2. The smallest absolute Gasteiger partial charge is 0.264 e. The summed E-state index contributed by atoms with van der Waals surface area (Å²) < 4.78 is 7.76. The average Bonchev–Trinajstić information content (AvgIpc) is 3.05. The molecule has 0 spiro atoms. The van der Waals surface area contributed by atoms with Gasteiger partial charge in [-0.3, -0.25) is 9.59 Å². The Hall–Kier alpha value is -2.27. The van der Waals surface area contributed by atoms with E-state index >= 15 is 0 Å². The van der Waals surface area contributed by atoms with E-state index < -0.39 is 6.10 Å². The van der Waals surface area contributed by atoms with Crippen LogP contribution in [0.3, 0.4) is 0 Å². The molecule has 3 aliphatic rings. The van der Waals surface area contributed by atoms with Gasteiger partial charge in [-0.2, -0.15) is 0 Å². The van der Waals surface area contributed by atoms with Crippen molar-refractivity contribution in [1.82, 2.24) is 9.47 Å². The molecule has 1 saturated heterocycles. The zero-order valence-electron chi connectivity index (χ0n) is 14.2. The molecule has 0 radical (unpaired) electrons. The first kappa shape index (κ1) is 15.9. The van der Waals surface area contributed by atoms with Gasteiger partial charge in [0.15, 0.2) is 6.10 Å². The van der Waals surface area contributed by atoms with E-state index in [1.165, 1.54) is 0 Å². The van der Waals surface area contributed by atoms with Crippen LogP contribution in [0.15, 0.2) is 41.2 Å². The number of benzene rings is 1. The Morgan fingerprint density at radius 2 is 2.04 bits per heavy atom. The van der Waals surface area contributed by atoms with Gasteiger partial charge in [0, 0.05) is 48.8 Å². The lowest BCUT2D eigenvalue weighted by Crippen LogP contribution is -2.52. The van der Waals surface area contributed by atoms with Crippen LogP contribution in [-0.4, -0.2) is 34.6 Å². The summed E-state index contributed by atoms with van der Waals surface area (Å²) in [5.41, 5.74) is 2.10. The average molecular weight is 371 g/mol. The second-order valence-corrected chi connectivity index (χ2v) is 7.94. The monoisotopic (exact) mass is 370 g/mol. The summed E-state index contributed by atoms with van der Waals surface area (Å²) in [7, 11) is 0. The molecule has 3 unspecified atom stereocenters. The maximum absolute atomic E-state index is 13.1. The van der Waals surface area contributed by atoms with E-state index in [1.54, 1.807) is 12.1 Å². The zero-order valence-corrected chi connectivity index (χ0v) is 15.0. The highest BCUT2D eigenvalue weighted by molar-refractivity contribution is 6.30. The van der Waals surface area contributed by atoms with Crippen molar-refractivity contribution in [3.63, 3.8) is 0 Å². The van der Waals surface area contributed by atoms with Crippen molar-refractivity contribution in [3.8, 4) is 5.75 Å². The molecule has 5 rings (SSSR count). The number of ether oxygens (including phenoxy) is 1. The highest BCUT2D eigenvalue weighted by Crippen LogP contribution is 2.37. The number of amides is 1. The number of hydrogen-bond donors (Lipinski definition) is 0. The first-order valence-electron chi connectivity index (χ1n) is 9.02. The zero-order chi connectivity index (χ0) is 17.8. The molecule has 3 aliphatic heterocycles. The van der Waals surface area contributed by atoms with Crippen LogP contribution in [0.25, 0.3) is 0 Å². The lowest BCUT2D eigenvalue weighted by molar-refractivity contribution is -0.140. The molecule has 0 N–H and O–H groups in total. The van der Waals surface area contributed by atoms with E-state index in [9.17, 15) is 9.59 Å². The number of rotatable bonds is 1. The van der Waals surface area contributed by atoms with E-state index in [2.05, 4.69) is 0 Å². The topological polar surface area (TPSA) is 51.5 Å². The largest absolute Gasteiger partial charge is 0.480 e. The number of hydrogen-bond acceptors (Lipinski definition) is 3. The van der Waals surface area contributed by atoms with Gasteiger partial charge in [0.05, 0.1) is 0 Å². The Bertz CT molecular complexity index is 954. The van der Waals surface area contributed by atoms with Gasteiger partial charge in [-0.25, -0.2) is 0 Å². The third kappa shape index (κ3) is 2.53. The molecular weight excluding hydrogens is 352 g/mol. The van der Waals surface area contributed by atoms with Gasteiger partial charge in [0.2, 0.25) is 0 Å². The molecule has 2 bridgehead atoms. The van der Waals surface area contributed by atoms with Crippen molar-refractivity contribution in [1.29, 1.82) is 0 Å². The number of piperidine rings is 1. The Labute approximate surface area is 156 Å². The van der Waals surface area contributed by atoms with E-state index in [0.717, 1.165) is 23.4 Å². The minimum atomic E-state index is -0.472. The van der Waals surface area contributed by atoms with E-state index in [1.807, 2.05) is 33.7 Å². The van der Waals surface area contributed by atoms with Crippen LogP contribution < -0.4 is 10.3 Å². The molecule has 1 aromatic carbocycles. The number of fused-ring (bicyclic) bond motifs is 5. The predicted molar refractivity (Wildman–Crippen MR) is 97.7 cm³/mol. The molecule has 1 amide bonds. The minimum absolute atomic E-state index is 0.0405. The Morgan fingerprint density at radius 1 is 1.15 bits per heavy atom. The highest BCUT2D eigenvalue weighted by atomic mass is 35.5. The third-order valence-corrected chi connectivity index (χ3v) is 6.00. The van der Waals surface area contributed by atoms with Gasteiger partial charge in [0.1, 0.15) is 5.75 Å². The Kier molecular flexibility index (Phi) is 3.60. The van der Waals surface area contributed by atoms with Gasteiger partial charge in [-0.15, -0.1) is 0 Å². The molecule has 1 aromatic heterocycles. The van der Waals surface area contributed by atoms with Gasteiger partial charge < -0.3 is 14.2 Å². The Balaban J connectivity index is 1.37. The summed E-state index contributed by atoms with van der Waals surface area (Å²) in [6, 6.07) is 10.9. The van der Waals surface area contributed by atoms with Crippen LogP contribution >= 0.6 is 11.6 Å². The van der Waals surface area contributed by atoms with E-state index in [-0.39, 0.29) is 17.4 Å². The fourth-order valence-corrected chi connectivity index (χ4v) is 4.83. The molecule has 5 nitrogen and oxygen atoms in total. The molecule has 26 heavy (non-hydrogen) atoms. The summed E-state index contributed by atoms with van der Waals surface area (Å²) in [6.07, 6.45) is 1.13. The maximum Gasteiger partial charge on any atom is 0.264 e. The fourth-order valence-electron chi connectivity index (χ4n) is 4.63. The summed E-state index contributed by atoms with van der Waals surface area (Å²) in [6.45, 7) is 2.03. The number of carbonyl (C=O) groups is 1. The van der Waals surface area contributed by atoms with Gasteiger partial charge in [-0.05, 0) is 42.2 Å². The molecule has 134 valence electrons. The van der Waals surface area contributed by atoms with Crippen LogP contribution in [0.4, 0.5) is 0 Å². The van der Waals surface area contributed by atoms with E-state index in [0.29, 0.717) is 37.0 Å². The molecule has 6 heteroatoms. The highest BCUT2D eigenvalue weighted by Gasteiger charge is 2.40. The summed E-state index contributed by atoms with van der Waals surface area (Å²) in [5, 5.41) is 0.662. The molecule has 3 atom stereocenters. The van der Waals surface area contributed by atoms with Crippen molar-refractivity contribution in [2.45, 2.75) is 31.4 Å². The van der Waals surface area contributed by atoms with Crippen molar-refractivity contribution in [2.75, 3.05) is 13.1 Å². The molecule has 0 saturated carbocycles. The van der Waals surface area contributed by atoms with Gasteiger partial charge in [-0.1, -0.05) is 17.7 Å². The first-order chi connectivity index (χ1) is 12.6. The number of nitrogens with zero attached hydrogens (tertiary/aromatic N) is 2. The summed E-state index contributed by atoms with van der Waals surface area (Å²) in [5.74, 6) is 1.34. The van der Waals surface area contributed by atoms with Crippen molar-refractivity contribution in [3.05, 3.63) is 63.0 Å². The normalized spacial score (nSPS) is 26.0. The molecule has 0 aliphatic carbocycles. The molecule has 4 heterocycles. The van der Waals surface area contributed by atoms with Gasteiger partial charge in [0.25, 0.3) is 11.5 Å². The summed E-state index contributed by atoms with van der Waals surface area (Å²) >= 11 is 6.05. The number of carbonyl (C=O) groups excluding carboxylic acids is 1. The predicted octanol–water partition coefficient (Wildman–Crippen LogP) is 2.45. The summed E-state index contributed by atoms with van der Waals surface area (Å²) in [4.78, 5) is 27.1. The third-order valence-electron chi connectivity index (χ3n) is 5.76. The van der Waals surface area contributed by atoms with E-state index in [4.69, 9.17) is 16.3 Å². The first-order valence-corrected chi connectivity index (χ1v) is 9.40. The van der Waals surface area contributed by atoms with Gasteiger partial charge >= 0.3 is 0 Å². The lowest BCUT2D eigenvalue weighted by atomic mass is 9.83. The quantitative estimate of drug-likeness (QED) is 0.774. The van der Waals surface area contributed by atoms with Crippen LogP contribution in [0, 0.1) is 5.92 Å². The van der Waals surface area contributed by atoms with Crippen LogP contribution in [0.2, 0.25) is 5.02 Å². The lowest BCUT2D eigenvalue weighted by Gasteiger charge is -2.43. The molecule has 1 fully saturated rings.